The van der Waals surface area contributed by atoms with Crippen molar-refractivity contribution in [1.82, 2.24) is 10.2 Å². The van der Waals surface area contributed by atoms with Crippen LogP contribution >= 0.6 is 0 Å². The molecule has 0 bridgehead atoms. The molecule has 1 N–H and O–H groups in total. The standard InChI is InChI=1S/C17H24N2O2/c1-13-4-2-5-16(8-13)21-7-3-6-17(20)19-11-14-9-18-10-15(14)12-19/h2,4-5,8,14-15,18H,3,6-7,9-12H2,1H3/t14-,15+. The molecule has 0 spiro atoms. The van der Waals surface area contributed by atoms with E-state index in [2.05, 4.69) is 18.3 Å². The zero-order chi connectivity index (χ0) is 14.7. The predicted octanol–water partition coefficient (Wildman–Crippen LogP) is 1.83. The minimum absolute atomic E-state index is 0.289. The lowest BCUT2D eigenvalue weighted by molar-refractivity contribution is -0.130. The average Bonchev–Trinajstić information content (AvgIpc) is 3.04. The number of amides is 1. The van der Waals surface area contributed by atoms with Gasteiger partial charge in [-0.2, -0.15) is 0 Å². The number of fused-ring (bicyclic) bond motifs is 1. The van der Waals surface area contributed by atoms with Gasteiger partial charge in [0.25, 0.3) is 0 Å². The fourth-order valence-electron chi connectivity index (χ4n) is 3.34. The van der Waals surface area contributed by atoms with Gasteiger partial charge < -0.3 is 15.0 Å². The third kappa shape index (κ3) is 3.56. The van der Waals surface area contributed by atoms with E-state index in [1.165, 1.54) is 5.56 Å². The Kier molecular flexibility index (Phi) is 4.44. The Hall–Kier alpha value is -1.55. The SMILES string of the molecule is Cc1cccc(OCCCC(=O)N2C[C@H]3CNC[C@H]3C2)c1. The molecule has 2 fully saturated rings. The molecule has 1 aromatic carbocycles. The molecule has 4 heteroatoms. The Balaban J connectivity index is 1.37. The van der Waals surface area contributed by atoms with Crippen molar-refractivity contribution in [2.24, 2.45) is 11.8 Å². The molecular weight excluding hydrogens is 264 g/mol. The molecule has 0 saturated carbocycles. The van der Waals surface area contributed by atoms with Crippen LogP contribution in [0, 0.1) is 18.8 Å². The number of hydrogen-bond donors (Lipinski definition) is 1. The van der Waals surface area contributed by atoms with Crippen LogP contribution in [0.4, 0.5) is 0 Å². The molecule has 2 aliphatic heterocycles. The van der Waals surface area contributed by atoms with Gasteiger partial charge >= 0.3 is 0 Å². The van der Waals surface area contributed by atoms with Crippen LogP contribution in [0.25, 0.3) is 0 Å². The zero-order valence-electron chi connectivity index (χ0n) is 12.7. The number of hydrogen-bond acceptors (Lipinski definition) is 3. The Morgan fingerprint density at radius 1 is 1.33 bits per heavy atom. The van der Waals surface area contributed by atoms with E-state index in [1.54, 1.807) is 0 Å². The summed E-state index contributed by atoms with van der Waals surface area (Å²) in [5.41, 5.74) is 1.20. The fourth-order valence-corrected chi connectivity index (χ4v) is 3.34. The molecule has 21 heavy (non-hydrogen) atoms. The van der Waals surface area contributed by atoms with Gasteiger partial charge in [0.2, 0.25) is 5.91 Å². The van der Waals surface area contributed by atoms with E-state index < -0.39 is 0 Å². The molecule has 0 aromatic heterocycles. The molecule has 0 radical (unpaired) electrons. The van der Waals surface area contributed by atoms with E-state index in [0.717, 1.165) is 38.3 Å². The van der Waals surface area contributed by atoms with Crippen LogP contribution in [0.1, 0.15) is 18.4 Å². The van der Waals surface area contributed by atoms with E-state index in [0.29, 0.717) is 24.9 Å². The third-order valence-corrected chi connectivity index (χ3v) is 4.54. The van der Waals surface area contributed by atoms with Gasteiger partial charge in [0.15, 0.2) is 0 Å². The smallest absolute Gasteiger partial charge is 0.222 e. The highest BCUT2D eigenvalue weighted by Crippen LogP contribution is 2.26. The number of benzene rings is 1. The lowest BCUT2D eigenvalue weighted by atomic mass is 10.0. The van der Waals surface area contributed by atoms with Crippen molar-refractivity contribution in [2.75, 3.05) is 32.8 Å². The number of likely N-dealkylation sites (tertiary alicyclic amines) is 1. The predicted molar refractivity (Wildman–Crippen MR) is 82.3 cm³/mol. The van der Waals surface area contributed by atoms with Crippen molar-refractivity contribution in [3.05, 3.63) is 29.8 Å². The van der Waals surface area contributed by atoms with Crippen LogP contribution in [0.3, 0.4) is 0 Å². The second-order valence-electron chi connectivity index (χ2n) is 6.25. The molecule has 3 rings (SSSR count). The molecule has 0 aliphatic carbocycles. The summed E-state index contributed by atoms with van der Waals surface area (Å²) in [5.74, 6) is 2.54. The van der Waals surface area contributed by atoms with Gasteiger partial charge in [0.05, 0.1) is 6.61 Å². The monoisotopic (exact) mass is 288 g/mol. The topological polar surface area (TPSA) is 41.6 Å². The number of nitrogens with one attached hydrogen (secondary N) is 1. The lowest BCUT2D eigenvalue weighted by Crippen LogP contribution is -2.31. The van der Waals surface area contributed by atoms with Crippen LogP contribution in [-0.2, 0) is 4.79 Å². The van der Waals surface area contributed by atoms with Crippen LogP contribution < -0.4 is 10.1 Å². The van der Waals surface area contributed by atoms with Crippen molar-refractivity contribution < 1.29 is 9.53 Å². The van der Waals surface area contributed by atoms with E-state index >= 15 is 0 Å². The van der Waals surface area contributed by atoms with Crippen LogP contribution in [0.2, 0.25) is 0 Å². The van der Waals surface area contributed by atoms with Crippen LogP contribution in [0.5, 0.6) is 5.75 Å². The molecule has 2 saturated heterocycles. The van der Waals surface area contributed by atoms with Crippen molar-refractivity contribution in [3.63, 3.8) is 0 Å². The van der Waals surface area contributed by atoms with Gasteiger partial charge in [-0.15, -0.1) is 0 Å². The maximum Gasteiger partial charge on any atom is 0.222 e. The van der Waals surface area contributed by atoms with E-state index in [9.17, 15) is 4.79 Å². The van der Waals surface area contributed by atoms with Gasteiger partial charge in [0.1, 0.15) is 5.75 Å². The molecule has 2 atom stereocenters. The van der Waals surface area contributed by atoms with Crippen molar-refractivity contribution >= 4 is 5.91 Å². The largest absolute Gasteiger partial charge is 0.494 e. The minimum atomic E-state index is 0.289. The molecule has 2 aliphatic rings. The molecule has 4 nitrogen and oxygen atoms in total. The summed E-state index contributed by atoms with van der Waals surface area (Å²) in [6.07, 6.45) is 1.38. The summed E-state index contributed by atoms with van der Waals surface area (Å²) < 4.78 is 5.69. The van der Waals surface area contributed by atoms with Gasteiger partial charge in [0, 0.05) is 32.6 Å². The molecular formula is C17H24N2O2. The van der Waals surface area contributed by atoms with Gasteiger partial charge in [-0.3, -0.25) is 4.79 Å². The summed E-state index contributed by atoms with van der Waals surface area (Å²) in [6, 6.07) is 8.03. The van der Waals surface area contributed by atoms with Gasteiger partial charge in [-0.1, -0.05) is 12.1 Å². The third-order valence-electron chi connectivity index (χ3n) is 4.54. The van der Waals surface area contributed by atoms with Crippen molar-refractivity contribution in [2.45, 2.75) is 19.8 Å². The maximum atomic E-state index is 12.2. The first-order chi connectivity index (χ1) is 10.2. The Bertz CT molecular complexity index is 491. The van der Waals surface area contributed by atoms with Gasteiger partial charge in [-0.05, 0) is 42.9 Å². The Morgan fingerprint density at radius 2 is 2.10 bits per heavy atom. The summed E-state index contributed by atoms with van der Waals surface area (Å²) in [4.78, 5) is 14.2. The number of aryl methyl sites for hydroxylation is 1. The summed E-state index contributed by atoms with van der Waals surface area (Å²) in [7, 11) is 0. The number of nitrogens with zero attached hydrogens (tertiary/aromatic N) is 1. The fraction of sp³-hybridized carbons (Fsp3) is 0.588. The van der Waals surface area contributed by atoms with Crippen molar-refractivity contribution in [3.8, 4) is 5.75 Å². The molecule has 114 valence electrons. The summed E-state index contributed by atoms with van der Waals surface area (Å²) in [6.45, 7) is 6.69. The van der Waals surface area contributed by atoms with Crippen LogP contribution in [-0.4, -0.2) is 43.6 Å². The number of carbonyl (C=O) groups is 1. The number of carbonyl (C=O) groups excluding carboxylic acids is 1. The highest BCUT2D eigenvalue weighted by atomic mass is 16.5. The molecule has 1 amide bonds. The first kappa shape index (κ1) is 14.4. The van der Waals surface area contributed by atoms with E-state index in [4.69, 9.17) is 4.74 Å². The van der Waals surface area contributed by atoms with Gasteiger partial charge in [-0.25, -0.2) is 0 Å². The highest BCUT2D eigenvalue weighted by molar-refractivity contribution is 5.76. The zero-order valence-corrected chi connectivity index (χ0v) is 12.7. The van der Waals surface area contributed by atoms with E-state index in [1.807, 2.05) is 23.1 Å². The highest BCUT2D eigenvalue weighted by Gasteiger charge is 2.37. The van der Waals surface area contributed by atoms with Crippen LogP contribution in [0.15, 0.2) is 24.3 Å². The number of ether oxygens (including phenoxy) is 1. The normalized spacial score (nSPS) is 24.1. The maximum absolute atomic E-state index is 12.2. The summed E-state index contributed by atoms with van der Waals surface area (Å²) in [5, 5.41) is 3.40. The van der Waals surface area contributed by atoms with E-state index in [-0.39, 0.29) is 5.91 Å². The Morgan fingerprint density at radius 3 is 2.81 bits per heavy atom. The first-order valence-corrected chi connectivity index (χ1v) is 7.90. The summed E-state index contributed by atoms with van der Waals surface area (Å²) >= 11 is 0. The average molecular weight is 288 g/mol. The molecule has 0 unspecified atom stereocenters. The first-order valence-electron chi connectivity index (χ1n) is 7.90. The number of rotatable bonds is 5. The quantitative estimate of drug-likeness (QED) is 0.841. The molecule has 1 aromatic rings. The lowest BCUT2D eigenvalue weighted by Gasteiger charge is -2.17. The minimum Gasteiger partial charge on any atom is -0.494 e. The second kappa shape index (κ2) is 6.48. The van der Waals surface area contributed by atoms with Crippen molar-refractivity contribution in [1.29, 1.82) is 0 Å². The second-order valence-corrected chi connectivity index (χ2v) is 6.25. The molecule has 2 heterocycles. The Labute approximate surface area is 126 Å².